The largest absolute Gasteiger partial charge is 0.341 e. The molecule has 0 saturated carbocycles. The van der Waals surface area contributed by atoms with Crippen LogP contribution in [-0.2, 0) is 11.3 Å². The first-order valence-electron chi connectivity index (χ1n) is 9.74. The minimum Gasteiger partial charge on any atom is -0.341 e. The van der Waals surface area contributed by atoms with E-state index in [1.54, 1.807) is 65.3 Å². The molecule has 0 aliphatic rings. The van der Waals surface area contributed by atoms with E-state index in [0.29, 0.717) is 23.2 Å². The van der Waals surface area contributed by atoms with Gasteiger partial charge in [-0.05, 0) is 54.1 Å². The van der Waals surface area contributed by atoms with E-state index in [0.717, 1.165) is 11.1 Å². The molecule has 32 heavy (non-hydrogen) atoms. The molecular formula is C23H19F2N5OS. The first-order chi connectivity index (χ1) is 15.5. The fourth-order valence-corrected chi connectivity index (χ4v) is 3.96. The van der Waals surface area contributed by atoms with Gasteiger partial charge in [-0.3, -0.25) is 14.3 Å². The number of aromatic nitrogens is 4. The van der Waals surface area contributed by atoms with Crippen LogP contribution in [0, 0.1) is 11.6 Å². The van der Waals surface area contributed by atoms with E-state index >= 15 is 0 Å². The number of benzene rings is 2. The maximum Gasteiger partial charge on any atom is 0.233 e. The van der Waals surface area contributed by atoms with Crippen LogP contribution in [0.15, 0.2) is 78.2 Å². The molecule has 2 heterocycles. The Morgan fingerprint density at radius 1 is 0.938 bits per heavy atom. The lowest BCUT2D eigenvalue weighted by Crippen LogP contribution is -2.27. The Balaban J connectivity index is 1.54. The van der Waals surface area contributed by atoms with Gasteiger partial charge in [0.15, 0.2) is 11.0 Å². The third kappa shape index (κ3) is 5.00. The Morgan fingerprint density at radius 2 is 1.56 bits per heavy atom. The van der Waals surface area contributed by atoms with Crippen molar-refractivity contribution in [3.63, 3.8) is 0 Å². The Kier molecular flexibility index (Phi) is 6.55. The van der Waals surface area contributed by atoms with Crippen LogP contribution in [-0.4, -0.2) is 43.4 Å². The van der Waals surface area contributed by atoms with Crippen molar-refractivity contribution < 1.29 is 13.6 Å². The monoisotopic (exact) mass is 451 g/mol. The summed E-state index contributed by atoms with van der Waals surface area (Å²) in [5.41, 5.74) is 2.31. The molecule has 4 rings (SSSR count). The van der Waals surface area contributed by atoms with Gasteiger partial charge in [-0.2, -0.15) is 0 Å². The third-order valence-electron chi connectivity index (χ3n) is 4.74. The highest BCUT2D eigenvalue weighted by Crippen LogP contribution is 2.28. The molecule has 0 radical (unpaired) electrons. The Labute approximate surface area is 187 Å². The predicted octanol–water partition coefficient (Wildman–Crippen LogP) is 4.36. The molecule has 0 spiro atoms. The second-order valence-electron chi connectivity index (χ2n) is 7.02. The van der Waals surface area contributed by atoms with Gasteiger partial charge in [-0.25, -0.2) is 8.78 Å². The molecule has 0 saturated heterocycles. The van der Waals surface area contributed by atoms with Crippen LogP contribution < -0.4 is 0 Å². The molecule has 0 N–H and O–H groups in total. The molecule has 0 atom stereocenters. The fourth-order valence-electron chi connectivity index (χ4n) is 3.06. The lowest BCUT2D eigenvalue weighted by atomic mass is 10.2. The normalized spacial score (nSPS) is 10.8. The average molecular weight is 452 g/mol. The topological polar surface area (TPSA) is 63.9 Å². The minimum absolute atomic E-state index is 0.113. The van der Waals surface area contributed by atoms with E-state index in [-0.39, 0.29) is 23.3 Å². The van der Waals surface area contributed by atoms with E-state index < -0.39 is 0 Å². The molecule has 0 bridgehead atoms. The van der Waals surface area contributed by atoms with Crippen molar-refractivity contribution in [3.05, 3.63) is 90.3 Å². The average Bonchev–Trinajstić information content (AvgIpc) is 3.24. The number of carbonyl (C=O) groups is 1. The van der Waals surface area contributed by atoms with Gasteiger partial charge >= 0.3 is 0 Å². The lowest BCUT2D eigenvalue weighted by molar-refractivity contribution is -0.127. The zero-order valence-corrected chi connectivity index (χ0v) is 18.0. The van der Waals surface area contributed by atoms with Crippen LogP contribution in [0.1, 0.15) is 5.56 Å². The van der Waals surface area contributed by atoms with E-state index in [9.17, 15) is 13.6 Å². The first-order valence-corrected chi connectivity index (χ1v) is 10.7. The maximum absolute atomic E-state index is 13.5. The van der Waals surface area contributed by atoms with Crippen LogP contribution in [0.5, 0.6) is 0 Å². The smallest absolute Gasteiger partial charge is 0.233 e. The highest BCUT2D eigenvalue weighted by molar-refractivity contribution is 7.99. The quantitative estimate of drug-likeness (QED) is 0.391. The highest BCUT2D eigenvalue weighted by Gasteiger charge is 2.18. The molecule has 4 aromatic rings. The number of halogens is 2. The first kappa shape index (κ1) is 21.6. The molecule has 6 nitrogen and oxygen atoms in total. The number of thioether (sulfide) groups is 1. The second-order valence-corrected chi connectivity index (χ2v) is 7.96. The van der Waals surface area contributed by atoms with Crippen LogP contribution in [0.3, 0.4) is 0 Å². The molecule has 0 aliphatic heterocycles. The number of pyridine rings is 1. The van der Waals surface area contributed by atoms with E-state index in [1.165, 1.54) is 36.0 Å². The third-order valence-corrected chi connectivity index (χ3v) is 5.65. The lowest BCUT2D eigenvalue weighted by Gasteiger charge is -2.17. The van der Waals surface area contributed by atoms with Gasteiger partial charge in [0.25, 0.3) is 0 Å². The molecule has 0 unspecified atom stereocenters. The highest BCUT2D eigenvalue weighted by atomic mass is 32.2. The van der Waals surface area contributed by atoms with Crippen LogP contribution in [0.2, 0.25) is 0 Å². The number of carbonyl (C=O) groups excluding carboxylic acids is 1. The molecule has 0 aliphatic carbocycles. The Bertz CT molecular complexity index is 1200. The number of hydrogen-bond donors (Lipinski definition) is 0. The summed E-state index contributed by atoms with van der Waals surface area (Å²) in [6, 6.07) is 15.6. The molecule has 1 amide bonds. The SMILES string of the molecule is CN(Cc1ccc(F)cc1)C(=O)CSc1nnc(-c2ccncc2)n1-c1ccc(F)cc1. The van der Waals surface area contributed by atoms with Crippen molar-refractivity contribution in [3.8, 4) is 17.1 Å². The van der Waals surface area contributed by atoms with Crippen LogP contribution in [0.25, 0.3) is 17.1 Å². The number of rotatable bonds is 7. The zero-order valence-electron chi connectivity index (χ0n) is 17.2. The van der Waals surface area contributed by atoms with Crippen LogP contribution in [0.4, 0.5) is 8.78 Å². The van der Waals surface area contributed by atoms with Crippen molar-refractivity contribution in [2.24, 2.45) is 0 Å². The summed E-state index contributed by atoms with van der Waals surface area (Å²) in [5, 5.41) is 9.07. The van der Waals surface area contributed by atoms with Crippen molar-refractivity contribution in [1.29, 1.82) is 0 Å². The van der Waals surface area contributed by atoms with Gasteiger partial charge in [0.05, 0.1) is 5.75 Å². The summed E-state index contributed by atoms with van der Waals surface area (Å²) in [7, 11) is 1.69. The fraction of sp³-hybridized carbons (Fsp3) is 0.130. The number of amides is 1. The number of hydrogen-bond acceptors (Lipinski definition) is 5. The van der Waals surface area contributed by atoms with Crippen molar-refractivity contribution in [2.45, 2.75) is 11.7 Å². The summed E-state index contributed by atoms with van der Waals surface area (Å²) < 4.78 is 28.3. The number of nitrogens with zero attached hydrogens (tertiary/aromatic N) is 5. The molecule has 2 aromatic carbocycles. The van der Waals surface area contributed by atoms with E-state index in [1.807, 2.05) is 0 Å². The predicted molar refractivity (Wildman–Crippen MR) is 118 cm³/mol. The Morgan fingerprint density at radius 3 is 2.22 bits per heavy atom. The zero-order chi connectivity index (χ0) is 22.5. The van der Waals surface area contributed by atoms with Gasteiger partial charge in [-0.15, -0.1) is 10.2 Å². The summed E-state index contributed by atoms with van der Waals surface area (Å²) in [5.74, 6) is -0.0811. The molecule has 9 heteroatoms. The van der Waals surface area contributed by atoms with Crippen molar-refractivity contribution >= 4 is 17.7 Å². The minimum atomic E-state index is -0.348. The van der Waals surface area contributed by atoms with Gasteiger partial charge in [0.2, 0.25) is 5.91 Å². The molecule has 2 aromatic heterocycles. The van der Waals surface area contributed by atoms with Crippen molar-refractivity contribution in [2.75, 3.05) is 12.8 Å². The van der Waals surface area contributed by atoms with E-state index in [4.69, 9.17) is 0 Å². The van der Waals surface area contributed by atoms with Crippen molar-refractivity contribution in [1.82, 2.24) is 24.6 Å². The molecular weight excluding hydrogens is 432 g/mol. The molecule has 162 valence electrons. The van der Waals surface area contributed by atoms with Gasteiger partial charge in [-0.1, -0.05) is 23.9 Å². The standard InChI is InChI=1S/C23H19F2N5OS/c1-29(14-16-2-4-18(24)5-3-16)21(31)15-32-23-28-27-22(17-10-12-26-13-11-17)30(23)20-8-6-19(25)7-9-20/h2-13H,14-15H2,1H3. The van der Waals surface area contributed by atoms with Gasteiger partial charge in [0, 0.05) is 37.2 Å². The Hall–Kier alpha value is -3.59. The van der Waals surface area contributed by atoms with Gasteiger partial charge < -0.3 is 4.90 Å². The summed E-state index contributed by atoms with van der Waals surface area (Å²) in [6.45, 7) is 0.368. The summed E-state index contributed by atoms with van der Waals surface area (Å²) >= 11 is 1.24. The second kappa shape index (κ2) is 9.69. The van der Waals surface area contributed by atoms with Crippen LogP contribution >= 0.6 is 11.8 Å². The molecule has 0 fully saturated rings. The summed E-state index contributed by atoms with van der Waals surface area (Å²) in [4.78, 5) is 18.3. The summed E-state index contributed by atoms with van der Waals surface area (Å²) in [6.07, 6.45) is 3.31. The van der Waals surface area contributed by atoms with E-state index in [2.05, 4.69) is 15.2 Å². The maximum atomic E-state index is 13.5. The van der Waals surface area contributed by atoms with Gasteiger partial charge in [0.1, 0.15) is 11.6 Å².